The second-order valence-electron chi connectivity index (χ2n) is 4.90. The number of nitriles is 1. The van der Waals surface area contributed by atoms with Crippen LogP contribution < -0.4 is 4.90 Å². The van der Waals surface area contributed by atoms with Crippen LogP contribution in [0.3, 0.4) is 0 Å². The highest BCUT2D eigenvalue weighted by atomic mass is 16.5. The van der Waals surface area contributed by atoms with Gasteiger partial charge in [0.15, 0.2) is 0 Å². The number of ether oxygens (including phenoxy) is 1. The maximum Gasteiger partial charge on any atom is 0.308 e. The SMILES string of the molecule is COC(=O)C1CCN(c2ccc(C#N)c(C)c2)CC1. The summed E-state index contributed by atoms with van der Waals surface area (Å²) >= 11 is 0. The molecule has 1 heterocycles. The van der Waals surface area contributed by atoms with E-state index in [0.717, 1.165) is 37.2 Å². The molecule has 1 saturated heterocycles. The van der Waals surface area contributed by atoms with Crippen molar-refractivity contribution in [3.05, 3.63) is 29.3 Å². The maximum atomic E-state index is 11.5. The number of carbonyl (C=O) groups excluding carboxylic acids is 1. The van der Waals surface area contributed by atoms with Crippen LogP contribution >= 0.6 is 0 Å². The van der Waals surface area contributed by atoms with Crippen molar-refractivity contribution in [2.75, 3.05) is 25.1 Å². The molecule has 2 rings (SSSR count). The Bertz CT molecular complexity index is 511. The second-order valence-corrected chi connectivity index (χ2v) is 4.90. The molecule has 0 bridgehead atoms. The number of anilines is 1. The molecular weight excluding hydrogens is 240 g/mol. The number of hydrogen-bond acceptors (Lipinski definition) is 4. The van der Waals surface area contributed by atoms with Gasteiger partial charge < -0.3 is 9.64 Å². The number of piperidine rings is 1. The van der Waals surface area contributed by atoms with Crippen LogP contribution in [0.4, 0.5) is 5.69 Å². The van der Waals surface area contributed by atoms with E-state index in [1.165, 1.54) is 7.11 Å². The number of carbonyl (C=O) groups is 1. The molecule has 100 valence electrons. The standard InChI is InChI=1S/C15H18N2O2/c1-11-9-14(4-3-13(11)10-16)17-7-5-12(6-8-17)15(18)19-2/h3-4,9,12H,5-8H2,1-2H3. The van der Waals surface area contributed by atoms with Crippen LogP contribution in [0.2, 0.25) is 0 Å². The van der Waals surface area contributed by atoms with Crippen molar-refractivity contribution in [2.45, 2.75) is 19.8 Å². The van der Waals surface area contributed by atoms with Crippen molar-refractivity contribution in [3.63, 3.8) is 0 Å². The predicted molar refractivity (Wildman–Crippen MR) is 72.8 cm³/mol. The van der Waals surface area contributed by atoms with Gasteiger partial charge in [0, 0.05) is 18.8 Å². The van der Waals surface area contributed by atoms with Crippen LogP contribution in [0.5, 0.6) is 0 Å². The smallest absolute Gasteiger partial charge is 0.308 e. The van der Waals surface area contributed by atoms with E-state index in [2.05, 4.69) is 11.0 Å². The van der Waals surface area contributed by atoms with Gasteiger partial charge in [0.1, 0.15) is 0 Å². The molecule has 0 spiro atoms. The Morgan fingerprint density at radius 1 is 1.42 bits per heavy atom. The summed E-state index contributed by atoms with van der Waals surface area (Å²) in [7, 11) is 1.44. The predicted octanol–water partition coefficient (Wildman–Crippen LogP) is 2.26. The van der Waals surface area contributed by atoms with Crippen molar-refractivity contribution < 1.29 is 9.53 Å². The van der Waals surface area contributed by atoms with Gasteiger partial charge in [0.25, 0.3) is 0 Å². The van der Waals surface area contributed by atoms with Gasteiger partial charge in [-0.1, -0.05) is 0 Å². The first kappa shape index (κ1) is 13.4. The van der Waals surface area contributed by atoms with Crippen LogP contribution in [-0.2, 0) is 9.53 Å². The van der Waals surface area contributed by atoms with Gasteiger partial charge >= 0.3 is 5.97 Å². The number of rotatable bonds is 2. The molecule has 19 heavy (non-hydrogen) atoms. The Morgan fingerprint density at radius 2 is 2.11 bits per heavy atom. The highest BCUT2D eigenvalue weighted by molar-refractivity contribution is 5.72. The lowest BCUT2D eigenvalue weighted by atomic mass is 9.96. The van der Waals surface area contributed by atoms with Gasteiger partial charge in [0.2, 0.25) is 0 Å². The summed E-state index contributed by atoms with van der Waals surface area (Å²) < 4.78 is 4.79. The molecule has 4 nitrogen and oxygen atoms in total. The first-order valence-electron chi connectivity index (χ1n) is 6.49. The summed E-state index contributed by atoms with van der Waals surface area (Å²) in [5.41, 5.74) is 2.84. The van der Waals surface area contributed by atoms with E-state index in [9.17, 15) is 4.79 Å². The lowest BCUT2D eigenvalue weighted by Gasteiger charge is -2.32. The van der Waals surface area contributed by atoms with Crippen molar-refractivity contribution in [1.82, 2.24) is 0 Å². The van der Waals surface area contributed by atoms with E-state index >= 15 is 0 Å². The Labute approximate surface area is 113 Å². The third-order valence-electron chi connectivity index (χ3n) is 3.73. The first-order valence-corrected chi connectivity index (χ1v) is 6.49. The van der Waals surface area contributed by atoms with E-state index in [-0.39, 0.29) is 11.9 Å². The molecule has 1 aliphatic rings. The van der Waals surface area contributed by atoms with E-state index in [1.54, 1.807) is 0 Å². The monoisotopic (exact) mass is 258 g/mol. The molecular formula is C15H18N2O2. The summed E-state index contributed by atoms with van der Waals surface area (Å²) in [6, 6.07) is 8.05. The number of esters is 1. The molecule has 0 N–H and O–H groups in total. The number of nitrogens with zero attached hydrogens (tertiary/aromatic N) is 2. The number of benzene rings is 1. The first-order chi connectivity index (χ1) is 9.15. The van der Waals surface area contributed by atoms with Gasteiger partial charge in [-0.25, -0.2) is 0 Å². The quantitative estimate of drug-likeness (QED) is 0.763. The Morgan fingerprint density at radius 3 is 2.63 bits per heavy atom. The van der Waals surface area contributed by atoms with E-state index in [4.69, 9.17) is 10.00 Å². The van der Waals surface area contributed by atoms with Gasteiger partial charge in [-0.05, 0) is 43.5 Å². The highest BCUT2D eigenvalue weighted by Gasteiger charge is 2.25. The van der Waals surface area contributed by atoms with Crippen LogP contribution in [-0.4, -0.2) is 26.2 Å². The van der Waals surface area contributed by atoms with Gasteiger partial charge in [0.05, 0.1) is 24.7 Å². The molecule has 0 aliphatic carbocycles. The molecule has 1 fully saturated rings. The zero-order valence-corrected chi connectivity index (χ0v) is 11.3. The second kappa shape index (κ2) is 5.75. The molecule has 0 aromatic heterocycles. The van der Waals surface area contributed by atoms with Crippen LogP contribution in [0.25, 0.3) is 0 Å². The fraction of sp³-hybridized carbons (Fsp3) is 0.467. The minimum absolute atomic E-state index is 0.0285. The van der Waals surface area contributed by atoms with Crippen molar-refractivity contribution in [1.29, 1.82) is 5.26 Å². The molecule has 4 heteroatoms. The summed E-state index contributed by atoms with van der Waals surface area (Å²) in [6.45, 7) is 3.65. The molecule has 1 aromatic rings. The Hall–Kier alpha value is -2.02. The number of aryl methyl sites for hydroxylation is 1. The minimum atomic E-state index is -0.101. The summed E-state index contributed by atoms with van der Waals surface area (Å²) in [4.78, 5) is 13.7. The summed E-state index contributed by atoms with van der Waals surface area (Å²) in [5, 5.41) is 8.93. The molecule has 0 amide bonds. The van der Waals surface area contributed by atoms with Crippen LogP contribution in [0.1, 0.15) is 24.0 Å². The fourth-order valence-electron chi connectivity index (χ4n) is 2.51. The minimum Gasteiger partial charge on any atom is -0.469 e. The number of methoxy groups -OCH3 is 1. The fourth-order valence-corrected chi connectivity index (χ4v) is 2.51. The van der Waals surface area contributed by atoms with Gasteiger partial charge in [-0.3, -0.25) is 4.79 Å². The van der Waals surface area contributed by atoms with E-state index < -0.39 is 0 Å². The van der Waals surface area contributed by atoms with Crippen LogP contribution in [0, 0.1) is 24.2 Å². The van der Waals surface area contributed by atoms with Gasteiger partial charge in [-0.15, -0.1) is 0 Å². The van der Waals surface area contributed by atoms with E-state index in [1.807, 2.05) is 25.1 Å². The average molecular weight is 258 g/mol. The molecule has 1 aromatic carbocycles. The Balaban J connectivity index is 2.04. The Kier molecular flexibility index (Phi) is 4.06. The zero-order valence-electron chi connectivity index (χ0n) is 11.3. The molecule has 1 aliphatic heterocycles. The molecule has 0 saturated carbocycles. The largest absolute Gasteiger partial charge is 0.469 e. The van der Waals surface area contributed by atoms with Crippen molar-refractivity contribution in [3.8, 4) is 6.07 Å². The van der Waals surface area contributed by atoms with Crippen LogP contribution in [0.15, 0.2) is 18.2 Å². The normalized spacial score (nSPS) is 15.9. The summed E-state index contributed by atoms with van der Waals surface area (Å²) in [6.07, 6.45) is 1.65. The third kappa shape index (κ3) is 2.87. The van der Waals surface area contributed by atoms with Crippen molar-refractivity contribution in [2.24, 2.45) is 5.92 Å². The van der Waals surface area contributed by atoms with Crippen molar-refractivity contribution >= 4 is 11.7 Å². The maximum absolute atomic E-state index is 11.5. The number of hydrogen-bond donors (Lipinski definition) is 0. The average Bonchev–Trinajstić information content (AvgIpc) is 2.46. The van der Waals surface area contributed by atoms with E-state index in [0.29, 0.717) is 5.56 Å². The lowest BCUT2D eigenvalue weighted by Crippen LogP contribution is -2.36. The zero-order chi connectivity index (χ0) is 13.8. The third-order valence-corrected chi connectivity index (χ3v) is 3.73. The lowest BCUT2D eigenvalue weighted by molar-refractivity contribution is -0.146. The topological polar surface area (TPSA) is 53.3 Å². The molecule has 0 unspecified atom stereocenters. The summed E-state index contributed by atoms with van der Waals surface area (Å²) in [5.74, 6) is -0.0728. The molecule has 0 radical (unpaired) electrons. The molecule has 0 atom stereocenters. The van der Waals surface area contributed by atoms with Gasteiger partial charge in [-0.2, -0.15) is 5.26 Å². The highest BCUT2D eigenvalue weighted by Crippen LogP contribution is 2.25.